The summed E-state index contributed by atoms with van der Waals surface area (Å²) >= 11 is 0. The van der Waals surface area contributed by atoms with Crippen LogP contribution in [0.4, 0.5) is 5.69 Å². The van der Waals surface area contributed by atoms with E-state index in [-0.39, 0.29) is 5.91 Å². The highest BCUT2D eigenvalue weighted by Crippen LogP contribution is 2.09. The van der Waals surface area contributed by atoms with E-state index in [1.165, 1.54) is 25.9 Å². The van der Waals surface area contributed by atoms with Crippen molar-refractivity contribution in [2.24, 2.45) is 0 Å². The molecule has 0 saturated carbocycles. The number of carbonyl (C=O) groups excluding carboxylic acids is 1. The maximum atomic E-state index is 12.1. The third kappa shape index (κ3) is 3.23. The van der Waals surface area contributed by atoms with Crippen molar-refractivity contribution >= 4 is 11.6 Å². The van der Waals surface area contributed by atoms with Crippen LogP contribution in [0.5, 0.6) is 0 Å². The lowest BCUT2D eigenvalue weighted by Crippen LogP contribution is -2.35. The fourth-order valence-corrected chi connectivity index (χ4v) is 2.25. The first-order valence-electron chi connectivity index (χ1n) is 6.50. The Balaban J connectivity index is 1.85. The molecule has 0 spiro atoms. The van der Waals surface area contributed by atoms with Gasteiger partial charge in [0.2, 0.25) is 0 Å². The summed E-state index contributed by atoms with van der Waals surface area (Å²) in [6.07, 6.45) is 2.57. The Morgan fingerprint density at radius 3 is 2.50 bits per heavy atom. The maximum Gasteiger partial charge on any atom is 0.253 e. The molecule has 1 aliphatic rings. The molecule has 1 fully saturated rings. The topological polar surface area (TPSA) is 49.6 Å². The minimum absolute atomic E-state index is 0.0641. The summed E-state index contributed by atoms with van der Waals surface area (Å²) in [7, 11) is 1.86. The van der Waals surface area contributed by atoms with Crippen LogP contribution in [0.1, 0.15) is 23.2 Å². The summed E-state index contributed by atoms with van der Waals surface area (Å²) < 4.78 is 0. The zero-order valence-electron chi connectivity index (χ0n) is 10.9. The van der Waals surface area contributed by atoms with Gasteiger partial charge in [0.25, 0.3) is 5.91 Å². The van der Waals surface area contributed by atoms with Gasteiger partial charge in [-0.2, -0.15) is 0 Å². The van der Waals surface area contributed by atoms with Gasteiger partial charge in [0, 0.05) is 31.4 Å². The van der Waals surface area contributed by atoms with Gasteiger partial charge in [0.15, 0.2) is 0 Å². The van der Waals surface area contributed by atoms with Crippen molar-refractivity contribution in [3.8, 4) is 0 Å². The van der Waals surface area contributed by atoms with Crippen LogP contribution < -0.4 is 5.73 Å². The molecule has 4 heteroatoms. The summed E-state index contributed by atoms with van der Waals surface area (Å²) in [5, 5.41) is 0. The Bertz CT molecular complexity index is 396. The number of nitrogens with zero attached hydrogens (tertiary/aromatic N) is 2. The molecule has 1 aliphatic heterocycles. The van der Waals surface area contributed by atoms with Gasteiger partial charge >= 0.3 is 0 Å². The van der Waals surface area contributed by atoms with Crippen LogP contribution in [-0.2, 0) is 0 Å². The maximum absolute atomic E-state index is 12.1. The summed E-state index contributed by atoms with van der Waals surface area (Å²) in [6.45, 7) is 4.09. The molecular formula is C14H21N3O. The highest BCUT2D eigenvalue weighted by Gasteiger charge is 2.15. The van der Waals surface area contributed by atoms with Gasteiger partial charge in [-0.3, -0.25) is 4.79 Å². The number of nitrogen functional groups attached to an aromatic ring is 1. The first kappa shape index (κ1) is 12.9. The minimum Gasteiger partial charge on any atom is -0.399 e. The zero-order chi connectivity index (χ0) is 13.0. The molecule has 1 aromatic carbocycles. The number of anilines is 1. The van der Waals surface area contributed by atoms with E-state index >= 15 is 0 Å². The smallest absolute Gasteiger partial charge is 0.253 e. The average molecular weight is 247 g/mol. The SMILES string of the molecule is CN(CCN1CCCC1)C(=O)c1ccc(N)cc1. The molecule has 1 aromatic rings. The number of likely N-dealkylation sites (tertiary alicyclic amines) is 1. The zero-order valence-corrected chi connectivity index (χ0v) is 10.9. The molecule has 0 bridgehead atoms. The fourth-order valence-electron chi connectivity index (χ4n) is 2.25. The first-order chi connectivity index (χ1) is 8.66. The fraction of sp³-hybridized carbons (Fsp3) is 0.500. The van der Waals surface area contributed by atoms with E-state index in [4.69, 9.17) is 5.73 Å². The summed E-state index contributed by atoms with van der Waals surface area (Å²) in [4.78, 5) is 16.3. The summed E-state index contributed by atoms with van der Waals surface area (Å²) in [6, 6.07) is 7.09. The molecule has 0 aromatic heterocycles. The van der Waals surface area contributed by atoms with Crippen LogP contribution in [0.3, 0.4) is 0 Å². The van der Waals surface area contributed by atoms with Crippen LogP contribution >= 0.6 is 0 Å². The van der Waals surface area contributed by atoms with Gasteiger partial charge in [-0.05, 0) is 50.2 Å². The molecule has 4 nitrogen and oxygen atoms in total. The van der Waals surface area contributed by atoms with Gasteiger partial charge in [-0.15, -0.1) is 0 Å². The van der Waals surface area contributed by atoms with Gasteiger partial charge in [-0.25, -0.2) is 0 Å². The highest BCUT2D eigenvalue weighted by molar-refractivity contribution is 5.94. The summed E-state index contributed by atoms with van der Waals surface area (Å²) in [5.74, 6) is 0.0641. The highest BCUT2D eigenvalue weighted by atomic mass is 16.2. The lowest BCUT2D eigenvalue weighted by atomic mass is 10.2. The number of carbonyl (C=O) groups is 1. The predicted molar refractivity (Wildman–Crippen MR) is 73.5 cm³/mol. The summed E-state index contributed by atoms with van der Waals surface area (Å²) in [5.41, 5.74) is 7.00. The van der Waals surface area contributed by atoms with Gasteiger partial charge in [0.1, 0.15) is 0 Å². The predicted octanol–water partition coefficient (Wildman–Crippen LogP) is 1.44. The van der Waals surface area contributed by atoms with Crippen molar-refractivity contribution in [3.05, 3.63) is 29.8 Å². The Morgan fingerprint density at radius 1 is 1.28 bits per heavy atom. The second-order valence-electron chi connectivity index (χ2n) is 4.90. The molecule has 98 valence electrons. The molecule has 1 heterocycles. The van der Waals surface area contributed by atoms with E-state index in [1.807, 2.05) is 7.05 Å². The standard InChI is InChI=1S/C14H21N3O/c1-16(10-11-17-8-2-3-9-17)14(18)12-4-6-13(15)7-5-12/h4-7H,2-3,8-11,15H2,1H3. The van der Waals surface area contributed by atoms with E-state index in [9.17, 15) is 4.79 Å². The van der Waals surface area contributed by atoms with Crippen molar-refractivity contribution in [2.45, 2.75) is 12.8 Å². The second-order valence-corrected chi connectivity index (χ2v) is 4.90. The first-order valence-corrected chi connectivity index (χ1v) is 6.50. The third-order valence-corrected chi connectivity index (χ3v) is 3.45. The normalized spacial score (nSPS) is 15.8. The van der Waals surface area contributed by atoms with Gasteiger partial charge in [0.05, 0.1) is 0 Å². The van der Waals surface area contributed by atoms with E-state index in [1.54, 1.807) is 29.2 Å². The van der Waals surface area contributed by atoms with E-state index in [2.05, 4.69) is 4.90 Å². The van der Waals surface area contributed by atoms with Crippen LogP contribution in [0, 0.1) is 0 Å². The molecule has 0 atom stereocenters. The molecule has 2 N–H and O–H groups in total. The van der Waals surface area contributed by atoms with Crippen molar-refractivity contribution in [2.75, 3.05) is 39.0 Å². The van der Waals surface area contributed by atoms with Gasteiger partial charge < -0.3 is 15.5 Å². The Morgan fingerprint density at radius 2 is 1.89 bits per heavy atom. The number of hydrogen-bond donors (Lipinski definition) is 1. The van der Waals surface area contributed by atoms with Crippen molar-refractivity contribution in [1.29, 1.82) is 0 Å². The lowest BCUT2D eigenvalue weighted by Gasteiger charge is -2.21. The number of rotatable bonds is 4. The number of amides is 1. The molecule has 0 unspecified atom stereocenters. The molecular weight excluding hydrogens is 226 g/mol. The van der Waals surface area contributed by atoms with Crippen LogP contribution in [0.15, 0.2) is 24.3 Å². The average Bonchev–Trinajstić information content (AvgIpc) is 2.89. The minimum atomic E-state index is 0.0641. The van der Waals surface area contributed by atoms with Crippen molar-refractivity contribution < 1.29 is 4.79 Å². The molecule has 1 amide bonds. The number of hydrogen-bond acceptors (Lipinski definition) is 3. The lowest BCUT2D eigenvalue weighted by molar-refractivity contribution is 0.0782. The van der Waals surface area contributed by atoms with Gasteiger partial charge in [-0.1, -0.05) is 0 Å². The Labute approximate surface area is 108 Å². The Kier molecular flexibility index (Phi) is 4.20. The van der Waals surface area contributed by atoms with E-state index in [0.717, 1.165) is 13.1 Å². The van der Waals surface area contributed by atoms with E-state index in [0.29, 0.717) is 11.3 Å². The molecule has 18 heavy (non-hydrogen) atoms. The number of benzene rings is 1. The van der Waals surface area contributed by atoms with Crippen LogP contribution in [0.25, 0.3) is 0 Å². The third-order valence-electron chi connectivity index (χ3n) is 3.45. The quantitative estimate of drug-likeness (QED) is 0.819. The van der Waals surface area contributed by atoms with Crippen molar-refractivity contribution in [1.82, 2.24) is 9.80 Å². The molecule has 0 aliphatic carbocycles. The largest absolute Gasteiger partial charge is 0.399 e. The van der Waals surface area contributed by atoms with Crippen molar-refractivity contribution in [3.63, 3.8) is 0 Å². The van der Waals surface area contributed by atoms with E-state index < -0.39 is 0 Å². The second kappa shape index (κ2) is 5.87. The monoisotopic (exact) mass is 247 g/mol. The molecule has 1 saturated heterocycles. The van der Waals surface area contributed by atoms with Crippen LogP contribution in [-0.4, -0.2) is 48.9 Å². The Hall–Kier alpha value is -1.55. The molecule has 2 rings (SSSR count). The molecule has 0 radical (unpaired) electrons. The number of nitrogens with two attached hydrogens (primary N) is 1. The van der Waals surface area contributed by atoms with Crippen LogP contribution in [0.2, 0.25) is 0 Å². The number of likely N-dealkylation sites (N-methyl/N-ethyl adjacent to an activating group) is 1.